The maximum Gasteiger partial charge on any atom is 0.253 e. The number of nitrogens with zero attached hydrogens (tertiary/aromatic N) is 2. The van der Waals surface area contributed by atoms with Crippen LogP contribution in [0.15, 0.2) is 42.5 Å². The van der Waals surface area contributed by atoms with Crippen LogP contribution in [0.2, 0.25) is 5.02 Å². The SMILES string of the molecule is CCC(C)C(NC(=O)c1ccccc1Cl)C(=O)Nc1nnc(-c2ccc3c(c2)OCO3)s1. The Balaban J connectivity index is 1.48. The van der Waals surface area contributed by atoms with E-state index in [1.807, 2.05) is 26.0 Å². The molecule has 0 aliphatic carbocycles. The monoisotopic (exact) mass is 472 g/mol. The predicted molar refractivity (Wildman–Crippen MR) is 122 cm³/mol. The summed E-state index contributed by atoms with van der Waals surface area (Å²) in [4.78, 5) is 25.7. The average Bonchev–Trinajstić information content (AvgIpc) is 3.45. The normalized spacial score (nSPS) is 14.0. The van der Waals surface area contributed by atoms with Gasteiger partial charge in [-0.05, 0) is 36.2 Å². The molecule has 0 bridgehead atoms. The third-order valence-electron chi connectivity index (χ3n) is 5.18. The highest BCUT2D eigenvalue weighted by atomic mass is 35.5. The van der Waals surface area contributed by atoms with E-state index in [1.54, 1.807) is 30.3 Å². The Kier molecular flexibility index (Phi) is 6.57. The minimum absolute atomic E-state index is 0.109. The second-order valence-corrected chi connectivity index (χ2v) is 8.67. The number of aromatic nitrogens is 2. The van der Waals surface area contributed by atoms with Crippen LogP contribution in [0.3, 0.4) is 0 Å². The van der Waals surface area contributed by atoms with Crippen molar-refractivity contribution in [3.05, 3.63) is 53.1 Å². The number of rotatable bonds is 7. The minimum atomic E-state index is -0.762. The van der Waals surface area contributed by atoms with Crippen LogP contribution in [0.1, 0.15) is 30.6 Å². The number of carbonyl (C=O) groups is 2. The second kappa shape index (κ2) is 9.54. The van der Waals surface area contributed by atoms with Crippen molar-refractivity contribution in [1.29, 1.82) is 0 Å². The number of ether oxygens (including phenoxy) is 2. The van der Waals surface area contributed by atoms with Gasteiger partial charge in [0.25, 0.3) is 5.91 Å². The smallest absolute Gasteiger partial charge is 0.253 e. The molecule has 0 saturated carbocycles. The van der Waals surface area contributed by atoms with Gasteiger partial charge in [0, 0.05) is 5.56 Å². The van der Waals surface area contributed by atoms with Crippen LogP contribution in [0.25, 0.3) is 10.6 Å². The second-order valence-electron chi connectivity index (χ2n) is 7.29. The number of halogens is 1. The van der Waals surface area contributed by atoms with E-state index in [-0.39, 0.29) is 18.6 Å². The number of anilines is 1. The summed E-state index contributed by atoms with van der Waals surface area (Å²) in [6.07, 6.45) is 0.694. The fourth-order valence-electron chi connectivity index (χ4n) is 3.17. The van der Waals surface area contributed by atoms with E-state index in [1.165, 1.54) is 11.3 Å². The Morgan fingerprint density at radius 2 is 1.94 bits per heavy atom. The molecule has 2 heterocycles. The molecule has 1 aliphatic heterocycles. The Morgan fingerprint density at radius 1 is 1.16 bits per heavy atom. The molecular formula is C22H21ClN4O4S. The molecule has 0 fully saturated rings. The molecule has 2 unspecified atom stereocenters. The summed E-state index contributed by atoms with van der Waals surface area (Å²) in [5.74, 6) is 0.435. The van der Waals surface area contributed by atoms with Gasteiger partial charge in [0.1, 0.15) is 11.0 Å². The molecule has 1 aliphatic rings. The van der Waals surface area contributed by atoms with Crippen molar-refractivity contribution in [2.45, 2.75) is 26.3 Å². The van der Waals surface area contributed by atoms with Crippen LogP contribution in [0, 0.1) is 5.92 Å². The first-order chi connectivity index (χ1) is 15.5. The number of benzene rings is 2. The molecule has 2 amide bonds. The van der Waals surface area contributed by atoms with Crippen LogP contribution in [0.5, 0.6) is 11.5 Å². The van der Waals surface area contributed by atoms with E-state index in [0.717, 1.165) is 5.56 Å². The molecule has 2 N–H and O–H groups in total. The molecule has 1 aromatic heterocycles. The molecule has 3 aromatic rings. The van der Waals surface area contributed by atoms with Crippen LogP contribution in [-0.2, 0) is 4.79 Å². The molecule has 32 heavy (non-hydrogen) atoms. The van der Waals surface area contributed by atoms with Crippen LogP contribution >= 0.6 is 22.9 Å². The highest BCUT2D eigenvalue weighted by Crippen LogP contribution is 2.37. The fraction of sp³-hybridized carbons (Fsp3) is 0.273. The molecule has 2 aromatic carbocycles. The number of fused-ring (bicyclic) bond motifs is 1. The first kappa shape index (κ1) is 22.0. The highest BCUT2D eigenvalue weighted by Gasteiger charge is 2.28. The summed E-state index contributed by atoms with van der Waals surface area (Å²) in [5, 5.41) is 15.1. The minimum Gasteiger partial charge on any atom is -0.454 e. The average molecular weight is 473 g/mol. The Bertz CT molecular complexity index is 1150. The lowest BCUT2D eigenvalue weighted by Gasteiger charge is -2.23. The highest BCUT2D eigenvalue weighted by molar-refractivity contribution is 7.18. The molecule has 10 heteroatoms. The standard InChI is InChI=1S/C22H21ClN4O4S/c1-3-12(2)18(24-19(28)14-6-4-5-7-15(14)23)20(29)25-22-27-26-21(32-22)13-8-9-16-17(10-13)31-11-30-16/h4-10,12,18H,3,11H2,1-2H3,(H,24,28)(H,25,27,29). The zero-order valence-electron chi connectivity index (χ0n) is 17.4. The quantitative estimate of drug-likeness (QED) is 0.529. The van der Waals surface area contributed by atoms with Crippen molar-refractivity contribution in [2.75, 3.05) is 12.1 Å². The van der Waals surface area contributed by atoms with Gasteiger partial charge >= 0.3 is 0 Å². The van der Waals surface area contributed by atoms with Gasteiger partial charge in [-0.1, -0.05) is 55.3 Å². The fourth-order valence-corrected chi connectivity index (χ4v) is 4.13. The van der Waals surface area contributed by atoms with Crippen molar-refractivity contribution < 1.29 is 19.1 Å². The third-order valence-corrected chi connectivity index (χ3v) is 6.39. The van der Waals surface area contributed by atoms with Gasteiger partial charge in [0.2, 0.25) is 17.8 Å². The van der Waals surface area contributed by atoms with E-state index in [4.69, 9.17) is 21.1 Å². The van der Waals surface area contributed by atoms with E-state index in [0.29, 0.717) is 38.6 Å². The van der Waals surface area contributed by atoms with Crippen LogP contribution in [-0.4, -0.2) is 34.8 Å². The van der Waals surface area contributed by atoms with Gasteiger partial charge in [0.15, 0.2) is 11.5 Å². The van der Waals surface area contributed by atoms with Crippen molar-refractivity contribution >= 4 is 39.9 Å². The number of carbonyl (C=O) groups excluding carboxylic acids is 2. The van der Waals surface area contributed by atoms with Gasteiger partial charge in [-0.3, -0.25) is 14.9 Å². The summed E-state index contributed by atoms with van der Waals surface area (Å²) in [7, 11) is 0. The number of nitrogens with one attached hydrogen (secondary N) is 2. The van der Waals surface area contributed by atoms with Crippen molar-refractivity contribution in [3.63, 3.8) is 0 Å². The lowest BCUT2D eigenvalue weighted by atomic mass is 9.98. The van der Waals surface area contributed by atoms with Crippen molar-refractivity contribution in [2.24, 2.45) is 5.92 Å². The zero-order chi connectivity index (χ0) is 22.7. The van der Waals surface area contributed by atoms with Gasteiger partial charge in [-0.25, -0.2) is 0 Å². The topological polar surface area (TPSA) is 102 Å². The maximum atomic E-state index is 13.0. The molecule has 2 atom stereocenters. The predicted octanol–water partition coefficient (Wildman–Crippen LogP) is 4.37. The summed E-state index contributed by atoms with van der Waals surface area (Å²) >= 11 is 7.36. The molecule has 0 saturated heterocycles. The van der Waals surface area contributed by atoms with E-state index >= 15 is 0 Å². The molecule has 4 rings (SSSR count). The van der Waals surface area contributed by atoms with Gasteiger partial charge < -0.3 is 14.8 Å². The summed E-state index contributed by atoms with van der Waals surface area (Å²) < 4.78 is 10.7. The van der Waals surface area contributed by atoms with Gasteiger partial charge in [0.05, 0.1) is 10.6 Å². The Labute approximate surface area is 193 Å². The van der Waals surface area contributed by atoms with Crippen molar-refractivity contribution in [1.82, 2.24) is 15.5 Å². The third kappa shape index (κ3) is 4.68. The van der Waals surface area contributed by atoms with Gasteiger partial charge in [-0.2, -0.15) is 0 Å². The summed E-state index contributed by atoms with van der Waals surface area (Å²) in [6, 6.07) is 11.4. The van der Waals surface area contributed by atoms with Crippen LogP contribution < -0.4 is 20.1 Å². The van der Waals surface area contributed by atoms with Crippen molar-refractivity contribution in [3.8, 4) is 22.1 Å². The molecular weight excluding hydrogens is 452 g/mol. The summed E-state index contributed by atoms with van der Waals surface area (Å²) in [5.41, 5.74) is 1.12. The van der Waals surface area contributed by atoms with E-state index in [9.17, 15) is 9.59 Å². The lowest BCUT2D eigenvalue weighted by Crippen LogP contribution is -2.47. The lowest BCUT2D eigenvalue weighted by molar-refractivity contribution is -0.119. The zero-order valence-corrected chi connectivity index (χ0v) is 19.0. The largest absolute Gasteiger partial charge is 0.454 e. The van der Waals surface area contributed by atoms with Crippen LogP contribution in [0.4, 0.5) is 5.13 Å². The maximum absolute atomic E-state index is 13.0. The van der Waals surface area contributed by atoms with E-state index in [2.05, 4.69) is 20.8 Å². The number of hydrogen-bond acceptors (Lipinski definition) is 7. The number of hydrogen-bond donors (Lipinski definition) is 2. The molecule has 166 valence electrons. The number of amides is 2. The first-order valence-electron chi connectivity index (χ1n) is 10.1. The Morgan fingerprint density at radius 3 is 2.72 bits per heavy atom. The van der Waals surface area contributed by atoms with E-state index < -0.39 is 11.9 Å². The summed E-state index contributed by atoms with van der Waals surface area (Å²) in [6.45, 7) is 4.04. The molecule has 0 radical (unpaired) electrons. The first-order valence-corrected chi connectivity index (χ1v) is 11.3. The van der Waals surface area contributed by atoms with Gasteiger partial charge in [-0.15, -0.1) is 10.2 Å². The molecule has 0 spiro atoms. The molecule has 8 nitrogen and oxygen atoms in total. The Hall–Kier alpha value is -3.17.